The van der Waals surface area contributed by atoms with Gasteiger partial charge in [0.05, 0.1) is 4.47 Å². The van der Waals surface area contributed by atoms with E-state index in [-0.39, 0.29) is 18.6 Å². The molecule has 0 saturated heterocycles. The Morgan fingerprint density at radius 2 is 2.10 bits per heavy atom. The highest BCUT2D eigenvalue weighted by Gasteiger charge is 2.28. The normalized spacial score (nSPS) is 26.1. The molecule has 110 valence electrons. The van der Waals surface area contributed by atoms with E-state index in [1.165, 1.54) is 12.8 Å². The molecule has 0 radical (unpaired) electrons. The molecule has 3 atom stereocenters. The minimum absolute atomic E-state index is 0.0355. The molecule has 1 saturated carbocycles. The summed E-state index contributed by atoms with van der Waals surface area (Å²) < 4.78 is 6.41. The molecule has 0 unspecified atom stereocenters. The lowest BCUT2D eigenvalue weighted by Crippen LogP contribution is -2.45. The van der Waals surface area contributed by atoms with E-state index in [0.717, 1.165) is 10.9 Å². The SMILES string of the molecule is C[C@@H]1[C@@H](C)CCC[C@H]1NC(=O)COc1ccccc1Br. The summed E-state index contributed by atoms with van der Waals surface area (Å²) in [6.45, 7) is 4.56. The van der Waals surface area contributed by atoms with E-state index < -0.39 is 0 Å². The Bertz CT molecular complexity index is 464. The van der Waals surface area contributed by atoms with Crippen LogP contribution in [-0.2, 0) is 4.79 Å². The van der Waals surface area contributed by atoms with E-state index in [4.69, 9.17) is 4.74 Å². The fourth-order valence-corrected chi connectivity index (χ4v) is 3.14. The molecule has 1 aliphatic rings. The molecule has 1 aromatic carbocycles. The molecule has 20 heavy (non-hydrogen) atoms. The molecule has 0 bridgehead atoms. The topological polar surface area (TPSA) is 38.3 Å². The highest BCUT2D eigenvalue weighted by molar-refractivity contribution is 9.10. The maximum atomic E-state index is 12.0. The monoisotopic (exact) mass is 339 g/mol. The van der Waals surface area contributed by atoms with Crippen LogP contribution in [0.15, 0.2) is 28.7 Å². The maximum absolute atomic E-state index is 12.0. The molecular weight excluding hydrogens is 318 g/mol. The van der Waals surface area contributed by atoms with Crippen LogP contribution in [0.4, 0.5) is 0 Å². The van der Waals surface area contributed by atoms with Crippen LogP contribution in [0, 0.1) is 11.8 Å². The minimum Gasteiger partial charge on any atom is -0.483 e. The first kappa shape index (κ1) is 15.4. The third-order valence-corrected chi connectivity index (χ3v) is 4.90. The first-order valence-electron chi connectivity index (χ1n) is 7.24. The molecule has 3 nitrogen and oxygen atoms in total. The van der Waals surface area contributed by atoms with Gasteiger partial charge in [0, 0.05) is 6.04 Å². The average molecular weight is 340 g/mol. The van der Waals surface area contributed by atoms with Gasteiger partial charge in [-0.05, 0) is 46.3 Å². The number of benzene rings is 1. The summed E-state index contributed by atoms with van der Waals surface area (Å²) in [5, 5.41) is 3.11. The second kappa shape index (κ2) is 7.11. The number of carbonyl (C=O) groups is 1. The number of amides is 1. The smallest absolute Gasteiger partial charge is 0.258 e. The zero-order valence-corrected chi connectivity index (χ0v) is 13.7. The highest BCUT2D eigenvalue weighted by Crippen LogP contribution is 2.29. The summed E-state index contributed by atoms with van der Waals surface area (Å²) in [7, 11) is 0. The van der Waals surface area contributed by atoms with Gasteiger partial charge >= 0.3 is 0 Å². The zero-order valence-electron chi connectivity index (χ0n) is 12.1. The van der Waals surface area contributed by atoms with Crippen molar-refractivity contribution in [3.8, 4) is 5.75 Å². The maximum Gasteiger partial charge on any atom is 0.258 e. The number of hydrogen-bond donors (Lipinski definition) is 1. The number of nitrogens with one attached hydrogen (secondary N) is 1. The number of rotatable bonds is 4. The van der Waals surface area contributed by atoms with E-state index >= 15 is 0 Å². The Labute approximate surface area is 129 Å². The number of carbonyl (C=O) groups excluding carboxylic acids is 1. The lowest BCUT2D eigenvalue weighted by molar-refractivity contribution is -0.124. The van der Waals surface area contributed by atoms with Crippen LogP contribution in [0.2, 0.25) is 0 Å². The molecular formula is C16H22BrNO2. The fourth-order valence-electron chi connectivity index (χ4n) is 2.74. The molecule has 1 fully saturated rings. The van der Waals surface area contributed by atoms with Gasteiger partial charge in [0.25, 0.3) is 5.91 Å². The Morgan fingerprint density at radius 1 is 1.35 bits per heavy atom. The molecule has 4 heteroatoms. The van der Waals surface area contributed by atoms with Gasteiger partial charge in [-0.1, -0.05) is 38.8 Å². The summed E-state index contributed by atoms with van der Waals surface area (Å²) in [6.07, 6.45) is 3.54. The molecule has 0 aromatic heterocycles. The molecule has 0 spiro atoms. The molecule has 1 aromatic rings. The number of ether oxygens (including phenoxy) is 1. The first-order valence-corrected chi connectivity index (χ1v) is 8.04. The van der Waals surface area contributed by atoms with Gasteiger partial charge in [-0.25, -0.2) is 0 Å². The average Bonchev–Trinajstić information content (AvgIpc) is 2.43. The fraction of sp³-hybridized carbons (Fsp3) is 0.562. The predicted molar refractivity (Wildman–Crippen MR) is 83.7 cm³/mol. The van der Waals surface area contributed by atoms with Crippen LogP contribution >= 0.6 is 15.9 Å². The van der Waals surface area contributed by atoms with Crippen molar-refractivity contribution in [1.82, 2.24) is 5.32 Å². The Morgan fingerprint density at radius 3 is 2.85 bits per heavy atom. The van der Waals surface area contributed by atoms with Gasteiger partial charge < -0.3 is 10.1 Å². The van der Waals surface area contributed by atoms with Crippen LogP contribution in [0.3, 0.4) is 0 Å². The van der Waals surface area contributed by atoms with Crippen LogP contribution in [0.25, 0.3) is 0 Å². The largest absolute Gasteiger partial charge is 0.483 e. The molecule has 1 N–H and O–H groups in total. The van der Waals surface area contributed by atoms with Crippen molar-refractivity contribution in [3.05, 3.63) is 28.7 Å². The summed E-state index contributed by atoms with van der Waals surface area (Å²) >= 11 is 3.41. The third-order valence-electron chi connectivity index (χ3n) is 4.25. The summed E-state index contributed by atoms with van der Waals surface area (Å²) in [5.74, 6) is 1.88. The van der Waals surface area contributed by atoms with E-state index in [9.17, 15) is 4.79 Å². The second-order valence-corrected chi connectivity index (χ2v) is 6.51. The Balaban J connectivity index is 1.82. The highest BCUT2D eigenvalue weighted by atomic mass is 79.9. The van der Waals surface area contributed by atoms with Gasteiger partial charge in [-0.2, -0.15) is 0 Å². The van der Waals surface area contributed by atoms with Crippen molar-refractivity contribution in [3.63, 3.8) is 0 Å². The summed E-state index contributed by atoms with van der Waals surface area (Å²) in [5.41, 5.74) is 0. The summed E-state index contributed by atoms with van der Waals surface area (Å²) in [4.78, 5) is 12.0. The predicted octanol–water partition coefficient (Wildman–Crippen LogP) is 3.77. The van der Waals surface area contributed by atoms with E-state index in [0.29, 0.717) is 17.6 Å². The second-order valence-electron chi connectivity index (χ2n) is 5.66. The third kappa shape index (κ3) is 3.98. The lowest BCUT2D eigenvalue weighted by atomic mass is 9.78. The van der Waals surface area contributed by atoms with Gasteiger partial charge in [0.1, 0.15) is 5.75 Å². The van der Waals surface area contributed by atoms with Crippen LogP contribution in [0.5, 0.6) is 5.75 Å². The standard InChI is InChI=1S/C16H22BrNO2/c1-11-6-5-8-14(12(11)2)18-16(19)10-20-15-9-4-3-7-13(15)17/h3-4,7,9,11-12,14H,5-6,8,10H2,1-2H3,(H,18,19)/t11-,12+,14+/m0/s1. The van der Waals surface area contributed by atoms with Crippen LogP contribution in [0.1, 0.15) is 33.1 Å². The number of para-hydroxylation sites is 1. The van der Waals surface area contributed by atoms with E-state index in [1.54, 1.807) is 0 Å². The van der Waals surface area contributed by atoms with Crippen molar-refractivity contribution in [2.75, 3.05) is 6.61 Å². The quantitative estimate of drug-likeness (QED) is 0.906. The molecule has 1 amide bonds. The van der Waals surface area contributed by atoms with E-state index in [2.05, 4.69) is 35.1 Å². The van der Waals surface area contributed by atoms with Gasteiger partial charge in [0.2, 0.25) is 0 Å². The number of halogens is 1. The Kier molecular flexibility index (Phi) is 5.46. The lowest BCUT2D eigenvalue weighted by Gasteiger charge is -2.34. The van der Waals surface area contributed by atoms with Crippen molar-refractivity contribution >= 4 is 21.8 Å². The number of hydrogen-bond acceptors (Lipinski definition) is 2. The van der Waals surface area contributed by atoms with Crippen LogP contribution < -0.4 is 10.1 Å². The van der Waals surface area contributed by atoms with E-state index in [1.807, 2.05) is 24.3 Å². The van der Waals surface area contributed by atoms with Gasteiger partial charge in [-0.15, -0.1) is 0 Å². The zero-order chi connectivity index (χ0) is 14.5. The first-order chi connectivity index (χ1) is 9.58. The molecule has 0 heterocycles. The molecule has 2 rings (SSSR count). The van der Waals surface area contributed by atoms with Crippen molar-refractivity contribution in [2.24, 2.45) is 11.8 Å². The van der Waals surface area contributed by atoms with Crippen LogP contribution in [-0.4, -0.2) is 18.6 Å². The van der Waals surface area contributed by atoms with Crippen molar-refractivity contribution in [2.45, 2.75) is 39.2 Å². The summed E-state index contributed by atoms with van der Waals surface area (Å²) in [6, 6.07) is 7.85. The Hall–Kier alpha value is -1.03. The molecule has 0 aliphatic heterocycles. The van der Waals surface area contributed by atoms with Gasteiger partial charge in [-0.3, -0.25) is 4.79 Å². The van der Waals surface area contributed by atoms with Crippen molar-refractivity contribution in [1.29, 1.82) is 0 Å². The minimum atomic E-state index is -0.0355. The molecule has 1 aliphatic carbocycles. The van der Waals surface area contributed by atoms with Crippen molar-refractivity contribution < 1.29 is 9.53 Å². The van der Waals surface area contributed by atoms with Gasteiger partial charge in [0.15, 0.2) is 6.61 Å².